The molecular weight excluding hydrogens is 332 g/mol. The van der Waals surface area contributed by atoms with Gasteiger partial charge in [0.05, 0.1) is 17.9 Å². The Bertz CT molecular complexity index is 990. The van der Waals surface area contributed by atoms with Gasteiger partial charge in [0.2, 0.25) is 0 Å². The van der Waals surface area contributed by atoms with Gasteiger partial charge in [0.25, 0.3) is 5.56 Å². The Balaban J connectivity index is 1.92. The molecule has 26 heavy (non-hydrogen) atoms. The molecule has 3 aromatic rings. The summed E-state index contributed by atoms with van der Waals surface area (Å²) in [5.41, 5.74) is 7.96. The number of aromatic nitrogens is 2. The number of methoxy groups -OCH3 is 1. The average molecular weight is 354 g/mol. The van der Waals surface area contributed by atoms with Crippen LogP contribution in [0.3, 0.4) is 0 Å². The van der Waals surface area contributed by atoms with Crippen LogP contribution in [0.15, 0.2) is 47.4 Å². The number of nitrogens with one attached hydrogen (secondary N) is 1. The average Bonchev–Trinajstić information content (AvgIpc) is 3.02. The number of pyridine rings is 1. The zero-order chi connectivity index (χ0) is 18.7. The fourth-order valence-electron chi connectivity index (χ4n) is 2.94. The zero-order valence-electron chi connectivity index (χ0n) is 14.9. The minimum absolute atomic E-state index is 0.404. The van der Waals surface area contributed by atoms with Crippen LogP contribution in [-0.2, 0) is 11.3 Å². The molecule has 0 radical (unpaired) electrons. The van der Waals surface area contributed by atoms with Crippen molar-refractivity contribution in [1.29, 1.82) is 0 Å². The second-order valence-electron chi connectivity index (χ2n) is 6.27. The van der Waals surface area contributed by atoms with Crippen molar-refractivity contribution in [2.24, 2.45) is 5.73 Å². The van der Waals surface area contributed by atoms with Crippen LogP contribution >= 0.6 is 0 Å². The Kier molecular flexibility index (Phi) is 5.20. The monoisotopic (exact) mass is 354 g/mol. The van der Waals surface area contributed by atoms with Gasteiger partial charge in [-0.1, -0.05) is 6.07 Å². The minimum Gasteiger partial charge on any atom is -0.383 e. The smallest absolute Gasteiger partial charge is 0.325 e. The summed E-state index contributed by atoms with van der Waals surface area (Å²) in [4.78, 5) is 29.2. The normalized spacial score (nSPS) is 11.3. The molecule has 0 atom stereocenters. The Morgan fingerprint density at radius 2 is 2.12 bits per heavy atom. The molecule has 0 fully saturated rings. The summed E-state index contributed by atoms with van der Waals surface area (Å²) in [5, 5.41) is 1.01. The summed E-state index contributed by atoms with van der Waals surface area (Å²) >= 11 is 0. The Morgan fingerprint density at radius 3 is 2.85 bits per heavy atom. The van der Waals surface area contributed by atoms with Crippen LogP contribution in [0.4, 0.5) is 4.79 Å². The topological polar surface area (TPSA) is 93.3 Å². The van der Waals surface area contributed by atoms with Gasteiger partial charge in [-0.05, 0) is 42.9 Å². The lowest BCUT2D eigenvalue weighted by atomic mass is 10.1. The van der Waals surface area contributed by atoms with Crippen LogP contribution in [0.1, 0.15) is 5.56 Å². The molecule has 0 aliphatic rings. The maximum Gasteiger partial charge on any atom is 0.325 e. The van der Waals surface area contributed by atoms with Gasteiger partial charge in [-0.25, -0.2) is 9.36 Å². The zero-order valence-corrected chi connectivity index (χ0v) is 14.9. The van der Waals surface area contributed by atoms with Crippen molar-refractivity contribution >= 4 is 16.9 Å². The molecule has 0 unspecified atom stereocenters. The predicted octanol–water partition coefficient (Wildman–Crippen LogP) is 2.00. The molecule has 2 heterocycles. The van der Waals surface area contributed by atoms with Crippen molar-refractivity contribution < 1.29 is 9.53 Å². The van der Waals surface area contributed by atoms with Crippen LogP contribution in [0.2, 0.25) is 0 Å². The summed E-state index contributed by atoms with van der Waals surface area (Å²) in [7, 11) is 3.74. The molecule has 2 aromatic heterocycles. The third-order valence-electron chi connectivity index (χ3n) is 4.29. The standard InChI is InChI=1S/C19H22N4O3/c1-22(8-9-26-2)12-13-5-6-16-14(10-13)11-17(21-16)15-4-3-7-23(18(15)24)19(20)25/h3-7,10-11,21H,8-9,12H2,1-2H3,(H2,20,25). The first-order valence-electron chi connectivity index (χ1n) is 8.30. The first-order chi connectivity index (χ1) is 12.5. The van der Waals surface area contributed by atoms with Crippen LogP contribution in [0.25, 0.3) is 22.2 Å². The number of nitrogens with two attached hydrogens (primary N) is 1. The number of carbonyl (C=O) groups is 1. The number of hydrogen-bond acceptors (Lipinski definition) is 4. The van der Waals surface area contributed by atoms with Gasteiger partial charge in [0.1, 0.15) is 0 Å². The lowest BCUT2D eigenvalue weighted by Crippen LogP contribution is -2.31. The Labute approximate surface area is 151 Å². The fraction of sp³-hybridized carbons (Fsp3) is 0.263. The van der Waals surface area contributed by atoms with E-state index in [1.54, 1.807) is 19.2 Å². The number of benzene rings is 1. The number of aromatic amines is 1. The summed E-state index contributed by atoms with van der Waals surface area (Å²) in [6, 6.07) is 10.6. The third-order valence-corrected chi connectivity index (χ3v) is 4.29. The SMILES string of the molecule is COCCN(C)Cc1ccc2[nH]c(-c3cccn(C(N)=O)c3=O)cc2c1. The molecule has 3 N–H and O–H groups in total. The summed E-state index contributed by atoms with van der Waals surface area (Å²) in [6.07, 6.45) is 1.37. The highest BCUT2D eigenvalue weighted by Crippen LogP contribution is 2.23. The highest BCUT2D eigenvalue weighted by molar-refractivity contribution is 5.86. The number of carbonyl (C=O) groups excluding carboxylic acids is 1. The van der Waals surface area contributed by atoms with E-state index in [2.05, 4.69) is 22.0 Å². The van der Waals surface area contributed by atoms with Gasteiger partial charge in [0.15, 0.2) is 0 Å². The molecule has 0 saturated carbocycles. The molecule has 136 valence electrons. The van der Waals surface area contributed by atoms with Crippen molar-refractivity contribution in [2.75, 3.05) is 27.3 Å². The van der Waals surface area contributed by atoms with Crippen LogP contribution in [0.5, 0.6) is 0 Å². The fourth-order valence-corrected chi connectivity index (χ4v) is 2.94. The second kappa shape index (κ2) is 7.55. The lowest BCUT2D eigenvalue weighted by molar-refractivity contribution is 0.158. The molecule has 0 bridgehead atoms. The first kappa shape index (κ1) is 17.9. The summed E-state index contributed by atoms with van der Waals surface area (Å²) in [6.45, 7) is 2.34. The number of H-pyrrole nitrogens is 1. The molecule has 7 nitrogen and oxygen atoms in total. The largest absolute Gasteiger partial charge is 0.383 e. The molecule has 7 heteroatoms. The van der Waals surface area contributed by atoms with Gasteiger partial charge in [0, 0.05) is 37.3 Å². The number of ether oxygens (including phenoxy) is 1. The predicted molar refractivity (Wildman–Crippen MR) is 101 cm³/mol. The van der Waals surface area contributed by atoms with Crippen LogP contribution in [-0.4, -0.2) is 47.8 Å². The van der Waals surface area contributed by atoms with Gasteiger partial charge >= 0.3 is 6.03 Å². The molecule has 1 aromatic carbocycles. The van der Waals surface area contributed by atoms with Gasteiger partial charge < -0.3 is 15.5 Å². The van der Waals surface area contributed by atoms with E-state index in [0.717, 1.165) is 28.6 Å². The number of amides is 1. The molecule has 3 rings (SSSR count). The third kappa shape index (κ3) is 3.68. The van der Waals surface area contributed by atoms with Gasteiger partial charge in [-0.15, -0.1) is 0 Å². The van der Waals surface area contributed by atoms with Gasteiger partial charge in [-0.2, -0.15) is 0 Å². The Morgan fingerprint density at radius 1 is 1.31 bits per heavy atom. The van der Waals surface area contributed by atoms with Crippen molar-refractivity contribution in [2.45, 2.75) is 6.54 Å². The molecule has 1 amide bonds. The molecular formula is C19H22N4O3. The molecule has 0 aliphatic carbocycles. The number of nitrogens with zero attached hydrogens (tertiary/aromatic N) is 2. The number of hydrogen-bond donors (Lipinski definition) is 2. The van der Waals surface area contributed by atoms with E-state index in [4.69, 9.17) is 10.5 Å². The maximum atomic E-state index is 12.4. The van der Waals surface area contributed by atoms with Crippen LogP contribution < -0.4 is 11.3 Å². The number of primary amides is 1. The van der Waals surface area contributed by atoms with Crippen molar-refractivity contribution in [3.05, 3.63) is 58.5 Å². The maximum absolute atomic E-state index is 12.4. The van der Waals surface area contributed by atoms with E-state index in [1.165, 1.54) is 11.8 Å². The van der Waals surface area contributed by atoms with E-state index in [-0.39, 0.29) is 0 Å². The first-order valence-corrected chi connectivity index (χ1v) is 8.30. The van der Waals surface area contributed by atoms with Crippen molar-refractivity contribution in [3.63, 3.8) is 0 Å². The van der Waals surface area contributed by atoms with E-state index >= 15 is 0 Å². The lowest BCUT2D eigenvalue weighted by Gasteiger charge is -2.15. The van der Waals surface area contributed by atoms with Gasteiger partial charge in [-0.3, -0.25) is 9.69 Å². The number of rotatable bonds is 6. The number of likely N-dealkylation sites (N-methyl/N-ethyl adjacent to an activating group) is 1. The Hall–Kier alpha value is -2.90. The van der Waals surface area contributed by atoms with Crippen LogP contribution in [0, 0.1) is 0 Å². The minimum atomic E-state index is -0.797. The molecule has 0 saturated heterocycles. The highest BCUT2D eigenvalue weighted by atomic mass is 16.5. The number of fused-ring (bicyclic) bond motifs is 1. The van der Waals surface area contributed by atoms with Crippen molar-refractivity contribution in [1.82, 2.24) is 14.5 Å². The summed E-state index contributed by atoms with van der Waals surface area (Å²) < 4.78 is 6.00. The quantitative estimate of drug-likeness (QED) is 0.708. The molecule has 0 aliphatic heterocycles. The van der Waals surface area contributed by atoms with E-state index in [1.807, 2.05) is 19.2 Å². The van der Waals surface area contributed by atoms with Crippen molar-refractivity contribution in [3.8, 4) is 11.3 Å². The van der Waals surface area contributed by atoms with E-state index < -0.39 is 11.6 Å². The second-order valence-corrected chi connectivity index (χ2v) is 6.27. The summed E-state index contributed by atoms with van der Waals surface area (Å²) in [5.74, 6) is 0. The highest BCUT2D eigenvalue weighted by Gasteiger charge is 2.11. The van der Waals surface area contributed by atoms with E-state index in [0.29, 0.717) is 17.9 Å². The van der Waals surface area contributed by atoms with E-state index in [9.17, 15) is 9.59 Å². The molecule has 0 spiro atoms.